The molecular weight excluding hydrogens is 352 g/mol. The van der Waals surface area contributed by atoms with Crippen LogP contribution < -0.4 is 10.6 Å². The van der Waals surface area contributed by atoms with E-state index >= 15 is 0 Å². The molecule has 0 aromatic heterocycles. The quantitative estimate of drug-likeness (QED) is 0.775. The topological polar surface area (TPSA) is 64.7 Å². The van der Waals surface area contributed by atoms with Crippen molar-refractivity contribution in [2.45, 2.75) is 13.3 Å². The first-order chi connectivity index (χ1) is 13.6. The molecule has 0 spiro atoms. The molecule has 0 radical (unpaired) electrons. The van der Waals surface area contributed by atoms with Gasteiger partial charge in [-0.2, -0.15) is 0 Å². The molecule has 0 bridgehead atoms. The zero-order chi connectivity index (χ0) is 19.8. The second-order valence-corrected chi connectivity index (χ2v) is 7.20. The minimum absolute atomic E-state index is 0.0135. The third-order valence-corrected chi connectivity index (χ3v) is 4.88. The first kappa shape index (κ1) is 20.0. The van der Waals surface area contributed by atoms with E-state index in [1.54, 1.807) is 0 Å². The standard InChI is InChI=1S/C22H28N4O2/c1-18-7-9-20(10-8-18)24-22(28)17-26-15-13-25(14-16-26)12-11-21(27)23-19-5-3-2-4-6-19/h2-10H,11-17H2,1H3,(H,23,27)(H,24,28). The first-order valence-corrected chi connectivity index (χ1v) is 9.74. The van der Waals surface area contributed by atoms with Crippen molar-refractivity contribution in [3.8, 4) is 0 Å². The monoisotopic (exact) mass is 380 g/mol. The summed E-state index contributed by atoms with van der Waals surface area (Å²) >= 11 is 0. The molecule has 0 unspecified atom stereocenters. The summed E-state index contributed by atoms with van der Waals surface area (Å²) in [5.74, 6) is 0.0469. The van der Waals surface area contributed by atoms with Crippen LogP contribution in [0.2, 0.25) is 0 Å². The van der Waals surface area contributed by atoms with E-state index in [9.17, 15) is 9.59 Å². The molecule has 6 heteroatoms. The predicted octanol–water partition coefficient (Wildman–Crippen LogP) is 2.58. The smallest absolute Gasteiger partial charge is 0.238 e. The van der Waals surface area contributed by atoms with Crippen molar-refractivity contribution >= 4 is 23.2 Å². The van der Waals surface area contributed by atoms with E-state index in [2.05, 4.69) is 20.4 Å². The lowest BCUT2D eigenvalue weighted by Gasteiger charge is -2.34. The summed E-state index contributed by atoms with van der Waals surface area (Å²) in [5.41, 5.74) is 2.84. The Bertz CT molecular complexity index is 769. The normalized spacial score (nSPS) is 15.2. The third kappa shape index (κ3) is 6.48. The van der Waals surface area contributed by atoms with Crippen molar-refractivity contribution < 1.29 is 9.59 Å². The summed E-state index contributed by atoms with van der Waals surface area (Å²) in [4.78, 5) is 28.7. The Morgan fingerprint density at radius 2 is 1.36 bits per heavy atom. The van der Waals surface area contributed by atoms with Gasteiger partial charge in [0.2, 0.25) is 11.8 Å². The summed E-state index contributed by atoms with van der Waals surface area (Å²) in [5, 5.41) is 5.86. The fraction of sp³-hybridized carbons (Fsp3) is 0.364. The highest BCUT2D eigenvalue weighted by Crippen LogP contribution is 2.10. The lowest BCUT2D eigenvalue weighted by molar-refractivity contribution is -0.117. The van der Waals surface area contributed by atoms with Gasteiger partial charge >= 0.3 is 0 Å². The minimum Gasteiger partial charge on any atom is -0.326 e. The Labute approximate surface area is 166 Å². The van der Waals surface area contributed by atoms with E-state index in [-0.39, 0.29) is 11.8 Å². The number of aryl methyl sites for hydroxylation is 1. The van der Waals surface area contributed by atoms with Crippen LogP contribution in [0, 0.1) is 6.92 Å². The van der Waals surface area contributed by atoms with E-state index in [0.717, 1.165) is 44.1 Å². The molecule has 0 saturated carbocycles. The summed E-state index contributed by atoms with van der Waals surface area (Å²) in [7, 11) is 0. The lowest BCUT2D eigenvalue weighted by Crippen LogP contribution is -2.49. The Morgan fingerprint density at radius 3 is 2.04 bits per heavy atom. The van der Waals surface area contributed by atoms with Gasteiger partial charge in [-0.3, -0.25) is 14.5 Å². The summed E-state index contributed by atoms with van der Waals surface area (Å²) < 4.78 is 0. The average molecular weight is 380 g/mol. The molecule has 3 rings (SSSR count). The number of hydrogen-bond donors (Lipinski definition) is 2. The van der Waals surface area contributed by atoms with Gasteiger partial charge in [0.1, 0.15) is 0 Å². The zero-order valence-corrected chi connectivity index (χ0v) is 16.4. The number of nitrogens with one attached hydrogen (secondary N) is 2. The molecule has 28 heavy (non-hydrogen) atoms. The Morgan fingerprint density at radius 1 is 0.786 bits per heavy atom. The van der Waals surface area contributed by atoms with Crippen LogP contribution in [-0.4, -0.2) is 60.9 Å². The van der Waals surface area contributed by atoms with Crippen LogP contribution in [0.3, 0.4) is 0 Å². The molecule has 0 atom stereocenters. The third-order valence-electron chi connectivity index (χ3n) is 4.88. The van der Waals surface area contributed by atoms with Crippen molar-refractivity contribution in [2.24, 2.45) is 0 Å². The Balaban J connectivity index is 1.33. The minimum atomic E-state index is 0.0135. The highest BCUT2D eigenvalue weighted by atomic mass is 16.2. The summed E-state index contributed by atoms with van der Waals surface area (Å²) in [6.07, 6.45) is 0.475. The fourth-order valence-corrected chi connectivity index (χ4v) is 3.22. The lowest BCUT2D eigenvalue weighted by atomic mass is 10.2. The Kier molecular flexibility index (Phi) is 7.17. The fourth-order valence-electron chi connectivity index (χ4n) is 3.22. The number of benzene rings is 2. The molecule has 6 nitrogen and oxygen atoms in total. The molecule has 2 aromatic rings. The van der Waals surface area contributed by atoms with Crippen LogP contribution >= 0.6 is 0 Å². The van der Waals surface area contributed by atoms with E-state index in [4.69, 9.17) is 0 Å². The van der Waals surface area contributed by atoms with E-state index in [1.807, 2.05) is 61.5 Å². The van der Waals surface area contributed by atoms with Crippen molar-refractivity contribution in [3.05, 3.63) is 60.2 Å². The van der Waals surface area contributed by atoms with E-state index in [1.165, 1.54) is 5.56 Å². The SMILES string of the molecule is Cc1ccc(NC(=O)CN2CCN(CCC(=O)Nc3ccccc3)CC2)cc1. The number of carbonyl (C=O) groups excluding carboxylic acids is 2. The molecule has 148 valence electrons. The first-order valence-electron chi connectivity index (χ1n) is 9.74. The highest BCUT2D eigenvalue weighted by Gasteiger charge is 2.19. The van der Waals surface area contributed by atoms with Gasteiger partial charge < -0.3 is 15.5 Å². The van der Waals surface area contributed by atoms with Crippen LogP contribution in [0.15, 0.2) is 54.6 Å². The number of nitrogens with zero attached hydrogens (tertiary/aromatic N) is 2. The maximum Gasteiger partial charge on any atom is 0.238 e. The van der Waals surface area contributed by atoms with Crippen LogP contribution in [0.4, 0.5) is 11.4 Å². The largest absolute Gasteiger partial charge is 0.326 e. The maximum atomic E-state index is 12.2. The van der Waals surface area contributed by atoms with Gasteiger partial charge in [0.15, 0.2) is 0 Å². The van der Waals surface area contributed by atoms with Crippen molar-refractivity contribution in [1.29, 1.82) is 0 Å². The molecule has 2 N–H and O–H groups in total. The number of amides is 2. The van der Waals surface area contributed by atoms with E-state index in [0.29, 0.717) is 13.0 Å². The van der Waals surface area contributed by atoms with Crippen molar-refractivity contribution in [2.75, 3.05) is 49.9 Å². The van der Waals surface area contributed by atoms with Crippen LogP contribution in [0.1, 0.15) is 12.0 Å². The van der Waals surface area contributed by atoms with Crippen LogP contribution in [-0.2, 0) is 9.59 Å². The molecule has 2 aromatic carbocycles. The van der Waals surface area contributed by atoms with Gasteiger partial charge in [0, 0.05) is 50.5 Å². The molecule has 1 fully saturated rings. The molecule has 1 aliphatic rings. The molecule has 1 aliphatic heterocycles. The molecule has 1 heterocycles. The molecule has 2 amide bonds. The van der Waals surface area contributed by atoms with Gasteiger partial charge in [-0.15, -0.1) is 0 Å². The highest BCUT2D eigenvalue weighted by molar-refractivity contribution is 5.92. The molecule has 0 aliphatic carbocycles. The molecule has 1 saturated heterocycles. The van der Waals surface area contributed by atoms with Gasteiger partial charge in [-0.25, -0.2) is 0 Å². The second kappa shape index (κ2) is 10.0. The predicted molar refractivity (Wildman–Crippen MR) is 112 cm³/mol. The Hall–Kier alpha value is -2.70. The van der Waals surface area contributed by atoms with Gasteiger partial charge in [-0.05, 0) is 31.2 Å². The number of para-hydroxylation sites is 1. The summed E-state index contributed by atoms with van der Waals surface area (Å²) in [6, 6.07) is 17.3. The van der Waals surface area contributed by atoms with Crippen molar-refractivity contribution in [3.63, 3.8) is 0 Å². The maximum absolute atomic E-state index is 12.2. The van der Waals surface area contributed by atoms with Crippen LogP contribution in [0.25, 0.3) is 0 Å². The number of carbonyl (C=O) groups is 2. The number of rotatable bonds is 7. The van der Waals surface area contributed by atoms with E-state index < -0.39 is 0 Å². The van der Waals surface area contributed by atoms with Crippen molar-refractivity contribution in [1.82, 2.24) is 9.80 Å². The number of piperazine rings is 1. The zero-order valence-electron chi connectivity index (χ0n) is 16.4. The second-order valence-electron chi connectivity index (χ2n) is 7.20. The van der Waals surface area contributed by atoms with Gasteiger partial charge in [-0.1, -0.05) is 35.9 Å². The van der Waals surface area contributed by atoms with Gasteiger partial charge in [0.05, 0.1) is 6.54 Å². The number of anilines is 2. The average Bonchev–Trinajstić information content (AvgIpc) is 2.70. The van der Waals surface area contributed by atoms with Crippen LogP contribution in [0.5, 0.6) is 0 Å². The molecular formula is C22H28N4O2. The van der Waals surface area contributed by atoms with Gasteiger partial charge in [0.25, 0.3) is 0 Å². The summed E-state index contributed by atoms with van der Waals surface area (Å²) in [6.45, 7) is 6.57. The number of hydrogen-bond acceptors (Lipinski definition) is 4.